The summed E-state index contributed by atoms with van der Waals surface area (Å²) in [6.45, 7) is 9.50. The molecule has 0 aliphatic heterocycles. The van der Waals surface area contributed by atoms with Crippen LogP contribution in [0.4, 0.5) is 4.79 Å². The molecule has 0 aromatic rings. The topological polar surface area (TPSA) is 73.9 Å². The van der Waals surface area contributed by atoms with Gasteiger partial charge in [0.25, 0.3) is 0 Å². The van der Waals surface area contributed by atoms with E-state index >= 15 is 0 Å². The highest BCUT2D eigenvalue weighted by Gasteiger charge is 2.19. The second-order valence-electron chi connectivity index (χ2n) is 5.07. The number of ether oxygens (including phenoxy) is 3. The van der Waals surface area contributed by atoms with Gasteiger partial charge in [-0.1, -0.05) is 6.92 Å². The van der Waals surface area contributed by atoms with Gasteiger partial charge < -0.3 is 19.5 Å². The molecule has 19 heavy (non-hydrogen) atoms. The minimum atomic E-state index is -0.534. The predicted octanol–water partition coefficient (Wildman–Crippen LogP) is 1.87. The summed E-state index contributed by atoms with van der Waals surface area (Å²) in [7, 11) is 0. The van der Waals surface area contributed by atoms with Gasteiger partial charge in [-0.3, -0.25) is 0 Å². The summed E-state index contributed by atoms with van der Waals surface area (Å²) in [5.41, 5.74) is -0.534. The Bertz CT molecular complexity index is 285. The van der Waals surface area contributed by atoms with Gasteiger partial charge in [-0.2, -0.15) is 0 Å². The lowest BCUT2D eigenvalue weighted by molar-refractivity contribution is -0.148. The van der Waals surface area contributed by atoms with Crippen LogP contribution in [0.3, 0.4) is 0 Å². The van der Waals surface area contributed by atoms with Crippen molar-refractivity contribution in [1.29, 1.82) is 0 Å². The van der Waals surface area contributed by atoms with Crippen molar-refractivity contribution in [3.63, 3.8) is 0 Å². The second kappa shape index (κ2) is 8.74. The number of carbonyl (C=O) groups excluding carboxylic acids is 2. The number of hydrogen-bond donors (Lipinski definition) is 1. The molecule has 0 radical (unpaired) electrons. The molecule has 0 bridgehead atoms. The van der Waals surface area contributed by atoms with Gasteiger partial charge in [-0.25, -0.2) is 9.59 Å². The Morgan fingerprint density at radius 1 is 1.21 bits per heavy atom. The summed E-state index contributed by atoms with van der Waals surface area (Å²) in [5, 5.41) is 2.69. The van der Waals surface area contributed by atoms with Crippen molar-refractivity contribution in [3.05, 3.63) is 0 Å². The molecule has 0 aromatic carbocycles. The van der Waals surface area contributed by atoms with Gasteiger partial charge in [-0.15, -0.1) is 0 Å². The summed E-state index contributed by atoms with van der Waals surface area (Å²) >= 11 is 0. The maximum atomic E-state index is 11.5. The van der Waals surface area contributed by atoms with E-state index in [4.69, 9.17) is 14.2 Å². The van der Waals surface area contributed by atoms with Crippen LogP contribution in [0.2, 0.25) is 0 Å². The monoisotopic (exact) mass is 275 g/mol. The van der Waals surface area contributed by atoms with E-state index in [2.05, 4.69) is 5.32 Å². The fourth-order valence-corrected chi connectivity index (χ4v) is 1.22. The van der Waals surface area contributed by atoms with Crippen LogP contribution in [0, 0.1) is 0 Å². The van der Waals surface area contributed by atoms with Crippen LogP contribution in [-0.4, -0.2) is 43.5 Å². The minimum Gasteiger partial charge on any atom is -0.464 e. The zero-order valence-electron chi connectivity index (χ0n) is 12.4. The van der Waals surface area contributed by atoms with Crippen LogP contribution in [-0.2, 0) is 19.0 Å². The van der Waals surface area contributed by atoms with Crippen LogP contribution < -0.4 is 5.32 Å². The smallest absolute Gasteiger partial charge is 0.407 e. The summed E-state index contributed by atoms with van der Waals surface area (Å²) in [6, 6.07) is -0.190. The Kier molecular flexibility index (Phi) is 8.14. The average Bonchev–Trinajstić information content (AvgIpc) is 2.25. The molecule has 0 rings (SSSR count). The van der Waals surface area contributed by atoms with E-state index in [0.717, 1.165) is 0 Å². The van der Waals surface area contributed by atoms with Crippen LogP contribution in [0.25, 0.3) is 0 Å². The van der Waals surface area contributed by atoms with Gasteiger partial charge in [0, 0.05) is 0 Å². The Balaban J connectivity index is 3.95. The largest absolute Gasteiger partial charge is 0.464 e. The van der Waals surface area contributed by atoms with Crippen LogP contribution in [0.1, 0.15) is 41.0 Å². The Labute approximate surface area is 114 Å². The third-order valence-electron chi connectivity index (χ3n) is 2.06. The summed E-state index contributed by atoms with van der Waals surface area (Å²) in [4.78, 5) is 22.6. The van der Waals surface area contributed by atoms with Gasteiger partial charge in [0.2, 0.25) is 0 Å². The molecule has 0 saturated heterocycles. The summed E-state index contributed by atoms with van der Waals surface area (Å²) < 4.78 is 15.1. The molecular formula is C13H25NO5. The molecule has 0 spiro atoms. The van der Waals surface area contributed by atoms with Crippen molar-refractivity contribution in [2.75, 3.05) is 19.8 Å². The van der Waals surface area contributed by atoms with Crippen molar-refractivity contribution in [2.45, 2.75) is 52.7 Å². The summed E-state index contributed by atoms with van der Waals surface area (Å²) in [5.74, 6) is -0.408. The Hall–Kier alpha value is -1.30. The minimum absolute atomic E-state index is 0.111. The van der Waals surface area contributed by atoms with E-state index in [1.165, 1.54) is 0 Å². The number of esters is 1. The molecule has 1 atom stereocenters. The van der Waals surface area contributed by atoms with Gasteiger partial charge >= 0.3 is 12.1 Å². The third kappa shape index (κ3) is 10.3. The first-order valence-electron chi connectivity index (χ1n) is 6.51. The molecule has 0 fully saturated rings. The highest BCUT2D eigenvalue weighted by atomic mass is 16.6. The van der Waals surface area contributed by atoms with Gasteiger partial charge in [0.1, 0.15) is 12.2 Å². The molecular weight excluding hydrogens is 250 g/mol. The van der Waals surface area contributed by atoms with E-state index < -0.39 is 17.7 Å². The zero-order valence-corrected chi connectivity index (χ0v) is 12.4. The van der Waals surface area contributed by atoms with Crippen LogP contribution in [0.15, 0.2) is 0 Å². The first kappa shape index (κ1) is 17.7. The van der Waals surface area contributed by atoms with Crippen molar-refractivity contribution < 1.29 is 23.8 Å². The zero-order chi connectivity index (χ0) is 14.9. The van der Waals surface area contributed by atoms with Crippen molar-refractivity contribution in [3.8, 4) is 0 Å². The molecule has 1 unspecified atom stereocenters. The normalized spacial score (nSPS) is 12.7. The Morgan fingerprint density at radius 2 is 1.84 bits per heavy atom. The number of amides is 1. The van der Waals surface area contributed by atoms with Crippen molar-refractivity contribution >= 4 is 12.1 Å². The van der Waals surface area contributed by atoms with Crippen molar-refractivity contribution in [2.24, 2.45) is 0 Å². The van der Waals surface area contributed by atoms with E-state index in [1.54, 1.807) is 27.7 Å². The van der Waals surface area contributed by atoms with E-state index in [1.807, 2.05) is 6.92 Å². The molecule has 1 amide bonds. The molecule has 0 aromatic heterocycles. The van der Waals surface area contributed by atoms with E-state index in [9.17, 15) is 9.59 Å². The van der Waals surface area contributed by atoms with Gasteiger partial charge in [0.05, 0.1) is 19.3 Å². The molecule has 6 nitrogen and oxygen atoms in total. The number of rotatable bonds is 7. The maximum Gasteiger partial charge on any atom is 0.407 e. The lowest BCUT2D eigenvalue weighted by Gasteiger charge is -2.23. The number of alkyl carbamates (subject to hydrolysis) is 1. The van der Waals surface area contributed by atoms with E-state index in [-0.39, 0.29) is 19.3 Å². The fourth-order valence-electron chi connectivity index (χ4n) is 1.22. The standard InChI is InChI=1S/C13H25NO5/c1-6-10(8-17-9-11(15)18-7-2)14-12(16)19-13(3,4)5/h10H,6-9H2,1-5H3,(H,14,16). The predicted molar refractivity (Wildman–Crippen MR) is 70.9 cm³/mol. The highest BCUT2D eigenvalue weighted by Crippen LogP contribution is 2.07. The van der Waals surface area contributed by atoms with Gasteiger partial charge in [0.15, 0.2) is 0 Å². The first-order chi connectivity index (χ1) is 8.78. The number of hydrogen-bond acceptors (Lipinski definition) is 5. The quantitative estimate of drug-likeness (QED) is 0.718. The highest BCUT2D eigenvalue weighted by molar-refractivity contribution is 5.70. The van der Waals surface area contributed by atoms with Gasteiger partial charge in [-0.05, 0) is 34.1 Å². The molecule has 6 heteroatoms. The number of carbonyl (C=O) groups is 2. The molecule has 0 saturated carbocycles. The number of nitrogens with one attached hydrogen (secondary N) is 1. The molecule has 1 N–H and O–H groups in total. The van der Waals surface area contributed by atoms with Crippen LogP contribution in [0.5, 0.6) is 0 Å². The maximum absolute atomic E-state index is 11.5. The average molecular weight is 275 g/mol. The lowest BCUT2D eigenvalue weighted by Crippen LogP contribution is -2.41. The third-order valence-corrected chi connectivity index (χ3v) is 2.06. The first-order valence-corrected chi connectivity index (χ1v) is 6.51. The van der Waals surface area contributed by atoms with Crippen LogP contribution >= 0.6 is 0 Å². The molecule has 112 valence electrons. The van der Waals surface area contributed by atoms with Crippen molar-refractivity contribution in [1.82, 2.24) is 5.32 Å². The van der Waals surface area contributed by atoms with E-state index in [0.29, 0.717) is 13.0 Å². The SMILES string of the molecule is CCOC(=O)COCC(CC)NC(=O)OC(C)(C)C. The lowest BCUT2D eigenvalue weighted by atomic mass is 10.2. The molecule has 0 heterocycles. The fraction of sp³-hybridized carbons (Fsp3) is 0.846. The molecule has 0 aliphatic rings. The second-order valence-corrected chi connectivity index (χ2v) is 5.07. The Morgan fingerprint density at radius 3 is 2.32 bits per heavy atom. The molecule has 0 aliphatic carbocycles. The summed E-state index contributed by atoms with van der Waals surface area (Å²) in [6.07, 6.45) is 0.196.